The molecule has 3 rings (SSSR count). The van der Waals surface area contributed by atoms with Gasteiger partial charge in [-0.3, -0.25) is 9.79 Å². The normalized spacial score (nSPS) is 19.4. The van der Waals surface area contributed by atoms with Crippen molar-refractivity contribution in [1.82, 2.24) is 0 Å². The minimum atomic E-state index is -3.07. The fraction of sp³-hybridized carbons (Fsp3) is 0.250. The summed E-state index contributed by atoms with van der Waals surface area (Å²) in [6, 6.07) is 4.72. The van der Waals surface area contributed by atoms with Crippen molar-refractivity contribution in [3.05, 3.63) is 52.1 Å². The van der Waals surface area contributed by atoms with Crippen molar-refractivity contribution in [3.8, 4) is 0 Å². The molecular weight excluding hydrogens is 455 g/mol. The van der Waals surface area contributed by atoms with Crippen molar-refractivity contribution in [2.45, 2.75) is 12.0 Å². The summed E-state index contributed by atoms with van der Waals surface area (Å²) >= 11 is 3.14. The van der Waals surface area contributed by atoms with E-state index in [1.807, 2.05) is 0 Å². The molecule has 1 aliphatic heterocycles. The lowest BCUT2D eigenvalue weighted by Crippen LogP contribution is -2.45. The second kappa shape index (κ2) is 8.32. The number of carbonyl (C=O) groups is 1. The van der Waals surface area contributed by atoms with Crippen LogP contribution in [0.15, 0.2) is 44.4 Å². The van der Waals surface area contributed by atoms with Gasteiger partial charge in [-0.1, -0.05) is 0 Å². The van der Waals surface area contributed by atoms with Crippen LogP contribution in [-0.4, -0.2) is 31.4 Å². The van der Waals surface area contributed by atoms with Gasteiger partial charge in [-0.2, -0.15) is 0 Å². The largest absolute Gasteiger partial charge is 0.458 e. The molecule has 0 saturated carbocycles. The molecule has 2 aromatic rings. The SMILES string of the molecule is Cl.NC1=N[C@@](c2cc(NC(=O)c3cc(Br)co3)ccc2F)(C(F)F)COC1. The number of furan rings is 1. The van der Waals surface area contributed by atoms with Gasteiger partial charge < -0.3 is 20.2 Å². The van der Waals surface area contributed by atoms with E-state index in [0.717, 1.165) is 12.1 Å². The maximum Gasteiger partial charge on any atom is 0.291 e. The van der Waals surface area contributed by atoms with Crippen LogP contribution in [-0.2, 0) is 10.3 Å². The molecule has 0 unspecified atom stereocenters. The first-order chi connectivity index (χ1) is 12.3. The molecule has 1 aliphatic rings. The number of hydrogen-bond donors (Lipinski definition) is 2. The molecule has 3 N–H and O–H groups in total. The molecule has 0 fully saturated rings. The summed E-state index contributed by atoms with van der Waals surface area (Å²) in [5.74, 6) is -1.70. The highest BCUT2D eigenvalue weighted by Gasteiger charge is 2.46. The molecule has 1 amide bonds. The van der Waals surface area contributed by atoms with Crippen molar-refractivity contribution in [3.63, 3.8) is 0 Å². The Balaban J connectivity index is 0.00000261. The van der Waals surface area contributed by atoms with Crippen LogP contribution in [0.3, 0.4) is 0 Å². The van der Waals surface area contributed by atoms with E-state index in [2.05, 4.69) is 26.2 Å². The van der Waals surface area contributed by atoms with Crippen LogP contribution in [0.5, 0.6) is 0 Å². The molecule has 1 aromatic carbocycles. The monoisotopic (exact) mass is 467 g/mol. The third-order valence-electron chi connectivity index (χ3n) is 3.76. The zero-order chi connectivity index (χ0) is 18.9. The zero-order valence-corrected chi connectivity index (χ0v) is 16.0. The van der Waals surface area contributed by atoms with Gasteiger partial charge in [-0.15, -0.1) is 12.4 Å². The van der Waals surface area contributed by atoms with Crippen LogP contribution in [0, 0.1) is 5.82 Å². The number of amides is 1. The first-order valence-corrected chi connectivity index (χ1v) is 8.16. The number of alkyl halides is 2. The van der Waals surface area contributed by atoms with E-state index in [-0.39, 0.29) is 36.3 Å². The average molecular weight is 469 g/mol. The molecule has 0 bridgehead atoms. The first-order valence-electron chi connectivity index (χ1n) is 7.37. The number of anilines is 1. The number of amidine groups is 1. The fourth-order valence-electron chi connectivity index (χ4n) is 2.56. The summed E-state index contributed by atoms with van der Waals surface area (Å²) in [6.45, 7) is -0.648. The predicted octanol–water partition coefficient (Wildman–Crippen LogP) is 3.70. The number of halogens is 5. The molecule has 27 heavy (non-hydrogen) atoms. The Morgan fingerprint density at radius 1 is 1.37 bits per heavy atom. The third kappa shape index (κ3) is 4.28. The number of nitrogens with two attached hydrogens (primary N) is 1. The molecule has 146 valence electrons. The van der Waals surface area contributed by atoms with E-state index in [1.165, 1.54) is 18.4 Å². The van der Waals surface area contributed by atoms with E-state index in [9.17, 15) is 18.0 Å². The smallest absolute Gasteiger partial charge is 0.291 e. The van der Waals surface area contributed by atoms with Gasteiger partial charge in [0.15, 0.2) is 11.3 Å². The molecule has 1 aromatic heterocycles. The highest BCUT2D eigenvalue weighted by Crippen LogP contribution is 2.38. The van der Waals surface area contributed by atoms with Gasteiger partial charge in [0.2, 0.25) is 0 Å². The van der Waals surface area contributed by atoms with Crippen LogP contribution in [0.2, 0.25) is 0 Å². The number of hydrogen-bond acceptors (Lipinski definition) is 5. The Labute approximate surface area is 166 Å². The number of carbonyl (C=O) groups excluding carboxylic acids is 1. The number of nitrogens with one attached hydrogen (secondary N) is 1. The molecule has 0 aliphatic carbocycles. The first kappa shape index (κ1) is 21.3. The van der Waals surface area contributed by atoms with Crippen molar-refractivity contribution < 1.29 is 27.1 Å². The van der Waals surface area contributed by atoms with E-state index >= 15 is 0 Å². The van der Waals surface area contributed by atoms with Gasteiger partial charge >= 0.3 is 0 Å². The second-order valence-corrected chi connectivity index (χ2v) is 6.51. The van der Waals surface area contributed by atoms with Crippen molar-refractivity contribution in [1.29, 1.82) is 0 Å². The predicted molar refractivity (Wildman–Crippen MR) is 98.1 cm³/mol. The number of rotatable bonds is 4. The van der Waals surface area contributed by atoms with Gasteiger partial charge in [0.25, 0.3) is 12.3 Å². The molecule has 6 nitrogen and oxygen atoms in total. The Morgan fingerprint density at radius 3 is 2.70 bits per heavy atom. The number of benzene rings is 1. The van der Waals surface area contributed by atoms with Gasteiger partial charge in [0.05, 0.1) is 11.1 Å². The topological polar surface area (TPSA) is 89.8 Å². The second-order valence-electron chi connectivity index (χ2n) is 5.60. The van der Waals surface area contributed by atoms with Crippen LogP contribution in [0.1, 0.15) is 16.1 Å². The van der Waals surface area contributed by atoms with Crippen molar-refractivity contribution >= 4 is 45.8 Å². The Morgan fingerprint density at radius 2 is 2.11 bits per heavy atom. The summed E-state index contributed by atoms with van der Waals surface area (Å²) in [7, 11) is 0. The van der Waals surface area contributed by atoms with Gasteiger partial charge in [0, 0.05) is 17.3 Å². The molecule has 0 spiro atoms. The summed E-state index contributed by atoms with van der Waals surface area (Å²) in [5.41, 5.74) is 2.91. The quantitative estimate of drug-likeness (QED) is 0.716. The van der Waals surface area contributed by atoms with Crippen LogP contribution in [0.25, 0.3) is 0 Å². The molecule has 2 heterocycles. The Bertz CT molecular complexity index is 878. The zero-order valence-electron chi connectivity index (χ0n) is 13.5. The van der Waals surface area contributed by atoms with Crippen molar-refractivity contribution in [2.75, 3.05) is 18.5 Å². The number of aliphatic imine (C=N–C) groups is 1. The molecule has 0 radical (unpaired) electrons. The number of ether oxygens (including phenoxy) is 1. The standard InChI is InChI=1S/C16H13BrF3N3O3.ClH/c17-8-3-12(26-5-8)14(24)22-9-1-2-11(18)10(4-9)16(15(19)20)7-25-6-13(21)23-16;/h1-5,15H,6-7H2,(H2,21,23)(H,22,24);1H/t16-;/m0./s1. The molecular formula is C16H14BrClF3N3O3. The lowest BCUT2D eigenvalue weighted by atomic mass is 9.90. The highest BCUT2D eigenvalue weighted by atomic mass is 79.9. The third-order valence-corrected chi connectivity index (χ3v) is 4.17. The maximum atomic E-state index is 14.3. The van der Waals surface area contributed by atoms with E-state index in [0.29, 0.717) is 4.47 Å². The maximum absolute atomic E-state index is 14.3. The summed E-state index contributed by atoms with van der Waals surface area (Å²) in [6.07, 6.45) is -1.75. The number of nitrogens with zero attached hydrogens (tertiary/aromatic N) is 1. The highest BCUT2D eigenvalue weighted by molar-refractivity contribution is 9.10. The summed E-state index contributed by atoms with van der Waals surface area (Å²) in [4.78, 5) is 15.9. The van der Waals surface area contributed by atoms with Crippen LogP contribution >= 0.6 is 28.3 Å². The van der Waals surface area contributed by atoms with E-state index in [1.54, 1.807) is 0 Å². The van der Waals surface area contributed by atoms with Gasteiger partial charge in [0.1, 0.15) is 24.5 Å². The summed E-state index contributed by atoms with van der Waals surface area (Å²) < 4.78 is 52.5. The van der Waals surface area contributed by atoms with Crippen LogP contribution in [0.4, 0.5) is 18.9 Å². The van der Waals surface area contributed by atoms with Crippen LogP contribution < -0.4 is 11.1 Å². The molecule has 1 atom stereocenters. The average Bonchev–Trinajstić information content (AvgIpc) is 3.03. The Kier molecular flexibility index (Phi) is 6.55. The van der Waals surface area contributed by atoms with E-state index < -0.39 is 35.9 Å². The lowest BCUT2D eigenvalue weighted by Gasteiger charge is -2.33. The Hall–Kier alpha value is -2.04. The van der Waals surface area contributed by atoms with E-state index in [4.69, 9.17) is 14.9 Å². The minimum Gasteiger partial charge on any atom is -0.458 e. The summed E-state index contributed by atoms with van der Waals surface area (Å²) in [5, 5.41) is 2.46. The van der Waals surface area contributed by atoms with Gasteiger partial charge in [-0.05, 0) is 34.1 Å². The van der Waals surface area contributed by atoms with Gasteiger partial charge in [-0.25, -0.2) is 13.2 Å². The molecule has 0 saturated heterocycles. The fourth-order valence-corrected chi connectivity index (χ4v) is 2.86. The molecule has 11 heteroatoms. The van der Waals surface area contributed by atoms with Crippen molar-refractivity contribution in [2.24, 2.45) is 10.7 Å². The minimum absolute atomic E-state index is 0. The lowest BCUT2D eigenvalue weighted by molar-refractivity contribution is -0.0145.